The summed E-state index contributed by atoms with van der Waals surface area (Å²) >= 11 is 0. The van der Waals surface area contributed by atoms with Crippen LogP contribution in [0.25, 0.3) is 0 Å². The largest absolute Gasteiger partial charge is 0.490 e. The van der Waals surface area contributed by atoms with Gasteiger partial charge in [-0.1, -0.05) is 0 Å². The number of anilines is 1. The van der Waals surface area contributed by atoms with E-state index in [1.165, 1.54) is 38.6 Å². The SMILES string of the molecule is CCOc1cc(C(Nc2ccc(C(=N)N)cc2)C(=O)N(C)N(C)C(=O)c2cccnc2)c(F)cc1OC(C)C. The second kappa shape index (κ2) is 12.7. The number of benzene rings is 2. The number of nitrogens with two attached hydrogens (primary N) is 1. The van der Waals surface area contributed by atoms with Crippen molar-refractivity contribution in [1.29, 1.82) is 5.41 Å². The van der Waals surface area contributed by atoms with Crippen LogP contribution in [0.5, 0.6) is 11.5 Å². The number of pyridine rings is 1. The van der Waals surface area contributed by atoms with E-state index in [1.807, 2.05) is 13.8 Å². The number of rotatable bonds is 10. The Bertz CT molecular complexity index is 1320. The Morgan fingerprint density at radius 3 is 2.33 bits per heavy atom. The van der Waals surface area contributed by atoms with Crippen LogP contribution in [0.1, 0.15) is 48.3 Å². The van der Waals surface area contributed by atoms with Gasteiger partial charge in [-0.2, -0.15) is 0 Å². The molecule has 0 aliphatic carbocycles. The molecule has 0 bridgehead atoms. The molecule has 0 saturated carbocycles. The molecule has 1 atom stereocenters. The third-order valence-electron chi connectivity index (χ3n) is 5.76. The lowest BCUT2D eigenvalue weighted by atomic mass is 10.0. The molecule has 1 aromatic heterocycles. The minimum atomic E-state index is -1.27. The summed E-state index contributed by atoms with van der Waals surface area (Å²) in [4.78, 5) is 30.8. The quantitative estimate of drug-likeness (QED) is 0.203. The first-order valence-corrected chi connectivity index (χ1v) is 12.3. The van der Waals surface area contributed by atoms with Gasteiger partial charge < -0.3 is 20.5 Å². The molecule has 2 aromatic carbocycles. The van der Waals surface area contributed by atoms with Crippen molar-refractivity contribution >= 4 is 23.3 Å². The number of hydrogen-bond acceptors (Lipinski definition) is 7. The lowest BCUT2D eigenvalue weighted by Crippen LogP contribution is -2.48. The highest BCUT2D eigenvalue weighted by atomic mass is 19.1. The van der Waals surface area contributed by atoms with Gasteiger partial charge in [-0.15, -0.1) is 0 Å². The molecule has 1 heterocycles. The van der Waals surface area contributed by atoms with E-state index in [1.54, 1.807) is 43.3 Å². The van der Waals surface area contributed by atoms with Gasteiger partial charge in [-0.3, -0.25) is 30.0 Å². The van der Waals surface area contributed by atoms with Gasteiger partial charge >= 0.3 is 0 Å². The summed E-state index contributed by atoms with van der Waals surface area (Å²) in [6.45, 7) is 5.70. The predicted octanol–water partition coefficient (Wildman–Crippen LogP) is 3.99. The number of amides is 2. The highest BCUT2D eigenvalue weighted by molar-refractivity contribution is 5.96. The average Bonchev–Trinajstić information content (AvgIpc) is 2.92. The zero-order valence-corrected chi connectivity index (χ0v) is 22.6. The Kier molecular flexibility index (Phi) is 9.43. The zero-order chi connectivity index (χ0) is 28.7. The summed E-state index contributed by atoms with van der Waals surface area (Å²) in [5, 5.41) is 12.9. The number of amidine groups is 1. The van der Waals surface area contributed by atoms with E-state index in [2.05, 4.69) is 10.3 Å². The van der Waals surface area contributed by atoms with Crippen LogP contribution in [0, 0.1) is 11.2 Å². The average molecular weight is 537 g/mol. The van der Waals surface area contributed by atoms with Crippen molar-refractivity contribution in [2.24, 2.45) is 5.73 Å². The molecule has 4 N–H and O–H groups in total. The van der Waals surface area contributed by atoms with Crippen LogP contribution in [0.15, 0.2) is 60.9 Å². The molecule has 11 heteroatoms. The summed E-state index contributed by atoms with van der Waals surface area (Å²) in [6.07, 6.45) is 2.70. The molecule has 2 amide bonds. The first kappa shape index (κ1) is 28.9. The second-order valence-corrected chi connectivity index (χ2v) is 8.92. The van der Waals surface area contributed by atoms with Gasteiger partial charge in [0.25, 0.3) is 11.8 Å². The highest BCUT2D eigenvalue weighted by Crippen LogP contribution is 2.35. The normalized spacial score (nSPS) is 11.5. The van der Waals surface area contributed by atoms with Crippen molar-refractivity contribution in [1.82, 2.24) is 15.0 Å². The van der Waals surface area contributed by atoms with E-state index < -0.39 is 23.7 Å². The number of aromatic nitrogens is 1. The van der Waals surface area contributed by atoms with Crippen LogP contribution in [-0.2, 0) is 4.79 Å². The lowest BCUT2D eigenvalue weighted by Gasteiger charge is -2.32. The molecule has 0 radical (unpaired) electrons. The first-order valence-electron chi connectivity index (χ1n) is 12.3. The van der Waals surface area contributed by atoms with E-state index in [0.29, 0.717) is 17.9 Å². The molecule has 3 aromatic rings. The summed E-state index contributed by atoms with van der Waals surface area (Å²) < 4.78 is 27.0. The molecule has 39 heavy (non-hydrogen) atoms. The number of nitrogens with zero attached hydrogens (tertiary/aromatic N) is 3. The van der Waals surface area contributed by atoms with Gasteiger partial charge in [-0.25, -0.2) is 4.39 Å². The number of nitrogen functional groups attached to an aromatic ring is 1. The second-order valence-electron chi connectivity index (χ2n) is 8.92. The fraction of sp³-hybridized carbons (Fsp3) is 0.286. The Balaban J connectivity index is 2.04. The van der Waals surface area contributed by atoms with Crippen molar-refractivity contribution in [2.45, 2.75) is 32.9 Å². The number of carbonyl (C=O) groups is 2. The van der Waals surface area contributed by atoms with Crippen molar-refractivity contribution in [3.8, 4) is 11.5 Å². The predicted molar refractivity (Wildman–Crippen MR) is 146 cm³/mol. The van der Waals surface area contributed by atoms with Crippen molar-refractivity contribution in [3.05, 3.63) is 83.4 Å². The van der Waals surface area contributed by atoms with E-state index in [9.17, 15) is 9.59 Å². The minimum absolute atomic E-state index is 0.00993. The van der Waals surface area contributed by atoms with E-state index in [4.69, 9.17) is 20.6 Å². The van der Waals surface area contributed by atoms with Crippen LogP contribution in [0.4, 0.5) is 10.1 Å². The number of ether oxygens (including phenoxy) is 2. The molecular formula is C28H33FN6O4. The maximum absolute atomic E-state index is 15.6. The van der Waals surface area contributed by atoms with Gasteiger partial charge in [-0.05, 0) is 63.2 Å². The van der Waals surface area contributed by atoms with Gasteiger partial charge in [0.1, 0.15) is 17.7 Å². The Hall–Kier alpha value is -4.67. The van der Waals surface area contributed by atoms with E-state index >= 15 is 4.39 Å². The van der Waals surface area contributed by atoms with Gasteiger partial charge in [0, 0.05) is 49.4 Å². The van der Waals surface area contributed by atoms with E-state index in [0.717, 1.165) is 10.0 Å². The smallest absolute Gasteiger partial charge is 0.273 e. The fourth-order valence-electron chi connectivity index (χ4n) is 3.72. The molecule has 0 spiro atoms. The monoisotopic (exact) mass is 536 g/mol. The Labute approximate surface area is 227 Å². The molecule has 0 aliphatic rings. The molecule has 0 aliphatic heterocycles. The van der Waals surface area contributed by atoms with Crippen LogP contribution in [-0.4, -0.2) is 59.5 Å². The van der Waals surface area contributed by atoms with Crippen LogP contribution in [0.3, 0.4) is 0 Å². The molecule has 206 valence electrons. The number of hydrazine groups is 1. The van der Waals surface area contributed by atoms with Gasteiger partial charge in [0.15, 0.2) is 11.5 Å². The van der Waals surface area contributed by atoms with Crippen LogP contribution in [0.2, 0.25) is 0 Å². The number of halogens is 1. The summed E-state index contributed by atoms with van der Waals surface area (Å²) in [5.74, 6) is -1.42. The summed E-state index contributed by atoms with van der Waals surface area (Å²) in [6, 6.07) is 11.0. The van der Waals surface area contributed by atoms with Crippen LogP contribution < -0.4 is 20.5 Å². The third-order valence-corrected chi connectivity index (χ3v) is 5.76. The van der Waals surface area contributed by atoms with E-state index in [-0.39, 0.29) is 34.6 Å². The van der Waals surface area contributed by atoms with Crippen molar-refractivity contribution < 1.29 is 23.5 Å². The highest BCUT2D eigenvalue weighted by Gasteiger charge is 2.32. The van der Waals surface area contributed by atoms with Gasteiger partial charge in [0.2, 0.25) is 0 Å². The molecule has 0 fully saturated rings. The summed E-state index contributed by atoms with van der Waals surface area (Å²) in [5.41, 5.74) is 6.78. The molecule has 10 nitrogen and oxygen atoms in total. The van der Waals surface area contributed by atoms with Crippen LogP contribution >= 0.6 is 0 Å². The van der Waals surface area contributed by atoms with Crippen molar-refractivity contribution in [3.63, 3.8) is 0 Å². The number of nitrogens with one attached hydrogen (secondary N) is 2. The van der Waals surface area contributed by atoms with Crippen molar-refractivity contribution in [2.75, 3.05) is 26.0 Å². The Morgan fingerprint density at radius 1 is 1.08 bits per heavy atom. The number of carbonyl (C=O) groups excluding carboxylic acids is 2. The molecule has 1 unspecified atom stereocenters. The summed E-state index contributed by atoms with van der Waals surface area (Å²) in [7, 11) is 2.86. The number of hydrogen-bond donors (Lipinski definition) is 3. The number of likely N-dealkylation sites (N-methyl/N-ethyl adjacent to an activating group) is 1. The standard InChI is InChI=1S/C28H33FN6O4/c1-6-38-23-14-21(22(29)15-24(23)39-17(2)3)25(33-20-11-9-18(10-12-20)26(30)31)28(37)35(5)34(4)27(36)19-8-7-13-32-16-19/h7-17,25,33H,6H2,1-5H3,(H3,30,31). The topological polar surface area (TPSA) is 134 Å². The molecule has 0 saturated heterocycles. The first-order chi connectivity index (χ1) is 18.5. The fourth-order valence-corrected chi connectivity index (χ4v) is 3.72. The molecular weight excluding hydrogens is 503 g/mol. The zero-order valence-electron chi connectivity index (χ0n) is 22.6. The third kappa shape index (κ3) is 7.01. The maximum atomic E-state index is 15.6. The Morgan fingerprint density at radius 2 is 1.77 bits per heavy atom. The maximum Gasteiger partial charge on any atom is 0.273 e. The van der Waals surface area contributed by atoms with Gasteiger partial charge in [0.05, 0.1) is 18.3 Å². The molecule has 3 rings (SSSR count). The minimum Gasteiger partial charge on any atom is -0.490 e. The lowest BCUT2D eigenvalue weighted by molar-refractivity contribution is -0.141.